The van der Waals surface area contributed by atoms with Crippen molar-refractivity contribution >= 4 is 5.69 Å². The van der Waals surface area contributed by atoms with Crippen LogP contribution in [0.5, 0.6) is 0 Å². The van der Waals surface area contributed by atoms with E-state index in [1.54, 1.807) is 30.1 Å². The van der Waals surface area contributed by atoms with Crippen LogP contribution in [0.4, 0.5) is 14.5 Å². The molecule has 0 heterocycles. The summed E-state index contributed by atoms with van der Waals surface area (Å²) in [6.07, 6.45) is 0. The molecule has 2 rings (SSSR count). The van der Waals surface area contributed by atoms with Gasteiger partial charge in [0.05, 0.1) is 11.3 Å². The Balaban J connectivity index is 2.28. The molecule has 0 amide bonds. The molecule has 0 aliphatic rings. The van der Waals surface area contributed by atoms with Crippen molar-refractivity contribution in [3.8, 4) is 6.07 Å². The van der Waals surface area contributed by atoms with Gasteiger partial charge in [-0.2, -0.15) is 5.26 Å². The number of halogens is 2. The standard InChI is InChI=1S/C15H12F2N2/c1-19(10-11-4-2-3-5-14(11)17)15-7-6-13(16)8-12(15)9-18/h2-8H,10H2,1H3. The molecule has 0 radical (unpaired) electrons. The van der Waals surface area contributed by atoms with Gasteiger partial charge in [0.2, 0.25) is 0 Å². The van der Waals surface area contributed by atoms with Crippen LogP contribution in [0.2, 0.25) is 0 Å². The zero-order valence-electron chi connectivity index (χ0n) is 10.4. The smallest absolute Gasteiger partial charge is 0.128 e. The molecule has 0 saturated carbocycles. The number of nitrogens with zero attached hydrogens (tertiary/aromatic N) is 2. The molecule has 2 aromatic carbocycles. The minimum Gasteiger partial charge on any atom is -0.369 e. The number of rotatable bonds is 3. The second-order valence-corrected chi connectivity index (χ2v) is 4.22. The molecule has 96 valence electrons. The third-order valence-corrected chi connectivity index (χ3v) is 2.86. The van der Waals surface area contributed by atoms with Gasteiger partial charge in [-0.05, 0) is 24.3 Å². The molecule has 0 aliphatic carbocycles. The van der Waals surface area contributed by atoms with E-state index >= 15 is 0 Å². The first-order valence-electron chi connectivity index (χ1n) is 5.76. The van der Waals surface area contributed by atoms with E-state index in [0.29, 0.717) is 17.8 Å². The Hall–Kier alpha value is -2.41. The van der Waals surface area contributed by atoms with Crippen LogP contribution >= 0.6 is 0 Å². The highest BCUT2D eigenvalue weighted by molar-refractivity contribution is 5.59. The van der Waals surface area contributed by atoms with Crippen LogP contribution in [-0.4, -0.2) is 7.05 Å². The topological polar surface area (TPSA) is 27.0 Å². The average Bonchev–Trinajstić information content (AvgIpc) is 2.41. The molecule has 0 unspecified atom stereocenters. The summed E-state index contributed by atoms with van der Waals surface area (Å²) in [5.41, 5.74) is 1.34. The van der Waals surface area contributed by atoms with E-state index in [2.05, 4.69) is 0 Å². The summed E-state index contributed by atoms with van der Waals surface area (Å²) >= 11 is 0. The zero-order valence-corrected chi connectivity index (χ0v) is 10.4. The lowest BCUT2D eigenvalue weighted by Crippen LogP contribution is -2.18. The highest BCUT2D eigenvalue weighted by Gasteiger charge is 2.10. The number of anilines is 1. The first kappa shape index (κ1) is 13.0. The summed E-state index contributed by atoms with van der Waals surface area (Å²) in [6.45, 7) is 0.312. The highest BCUT2D eigenvalue weighted by atomic mass is 19.1. The molecule has 0 fully saturated rings. The zero-order chi connectivity index (χ0) is 13.8. The van der Waals surface area contributed by atoms with E-state index in [4.69, 9.17) is 5.26 Å². The molecule has 19 heavy (non-hydrogen) atoms. The maximum atomic E-state index is 13.6. The van der Waals surface area contributed by atoms with Crippen molar-refractivity contribution in [3.05, 3.63) is 65.2 Å². The molecule has 0 bridgehead atoms. The van der Waals surface area contributed by atoms with Crippen LogP contribution in [0.15, 0.2) is 42.5 Å². The van der Waals surface area contributed by atoms with Crippen LogP contribution in [0.25, 0.3) is 0 Å². The Kier molecular flexibility index (Phi) is 3.76. The van der Waals surface area contributed by atoms with Crippen molar-refractivity contribution in [3.63, 3.8) is 0 Å². The van der Waals surface area contributed by atoms with Gasteiger partial charge in [-0.3, -0.25) is 0 Å². The minimum atomic E-state index is -0.459. The van der Waals surface area contributed by atoms with Gasteiger partial charge in [-0.15, -0.1) is 0 Å². The third kappa shape index (κ3) is 2.89. The molecule has 2 aromatic rings. The molecule has 4 heteroatoms. The summed E-state index contributed by atoms with van der Waals surface area (Å²) in [6, 6.07) is 12.4. The Morgan fingerprint density at radius 1 is 1.16 bits per heavy atom. The number of nitriles is 1. The average molecular weight is 258 g/mol. The monoisotopic (exact) mass is 258 g/mol. The van der Waals surface area contributed by atoms with E-state index in [0.717, 1.165) is 0 Å². The van der Waals surface area contributed by atoms with Crippen LogP contribution in [-0.2, 0) is 6.54 Å². The molecule has 0 N–H and O–H groups in total. The Bertz CT molecular complexity index is 632. The van der Waals surface area contributed by atoms with E-state index < -0.39 is 5.82 Å². The fourth-order valence-corrected chi connectivity index (χ4v) is 1.90. The predicted molar refractivity (Wildman–Crippen MR) is 69.6 cm³/mol. The predicted octanol–water partition coefficient (Wildman–Crippen LogP) is 3.47. The Labute approximate surface area is 110 Å². The molecule has 2 nitrogen and oxygen atoms in total. The van der Waals surface area contributed by atoms with Gasteiger partial charge in [0.25, 0.3) is 0 Å². The van der Waals surface area contributed by atoms with Crippen LogP contribution in [0.3, 0.4) is 0 Å². The molecular weight excluding hydrogens is 246 g/mol. The van der Waals surface area contributed by atoms with Gasteiger partial charge in [0.15, 0.2) is 0 Å². The minimum absolute atomic E-state index is 0.235. The molecule has 0 aliphatic heterocycles. The van der Waals surface area contributed by atoms with Crippen LogP contribution in [0, 0.1) is 23.0 Å². The highest BCUT2D eigenvalue weighted by Crippen LogP contribution is 2.22. The van der Waals surface area contributed by atoms with Crippen molar-refractivity contribution in [2.24, 2.45) is 0 Å². The fourth-order valence-electron chi connectivity index (χ4n) is 1.90. The lowest BCUT2D eigenvalue weighted by Gasteiger charge is -2.20. The Morgan fingerprint density at radius 2 is 1.89 bits per heavy atom. The quantitative estimate of drug-likeness (QED) is 0.842. The maximum absolute atomic E-state index is 13.6. The fraction of sp³-hybridized carbons (Fsp3) is 0.133. The molecular formula is C15H12F2N2. The molecule has 0 spiro atoms. The van der Waals surface area contributed by atoms with Crippen LogP contribution in [0.1, 0.15) is 11.1 Å². The summed E-state index contributed by atoms with van der Waals surface area (Å²) in [4.78, 5) is 1.72. The SMILES string of the molecule is CN(Cc1ccccc1F)c1ccc(F)cc1C#N. The van der Waals surface area contributed by atoms with Crippen molar-refractivity contribution < 1.29 is 8.78 Å². The largest absolute Gasteiger partial charge is 0.369 e. The number of hydrogen-bond donors (Lipinski definition) is 0. The number of hydrogen-bond acceptors (Lipinski definition) is 2. The summed E-state index contributed by atoms with van der Waals surface area (Å²) < 4.78 is 26.6. The van der Waals surface area contributed by atoms with Gasteiger partial charge in [-0.1, -0.05) is 18.2 Å². The summed E-state index contributed by atoms with van der Waals surface area (Å²) in [5, 5.41) is 9.00. The van der Waals surface area contributed by atoms with Crippen molar-refractivity contribution in [1.82, 2.24) is 0 Å². The first-order chi connectivity index (χ1) is 9.11. The number of benzene rings is 2. The van der Waals surface area contributed by atoms with Gasteiger partial charge in [-0.25, -0.2) is 8.78 Å². The van der Waals surface area contributed by atoms with Gasteiger partial charge in [0, 0.05) is 19.2 Å². The molecule has 0 saturated heterocycles. The van der Waals surface area contributed by atoms with Gasteiger partial charge < -0.3 is 4.90 Å². The second kappa shape index (κ2) is 5.49. The van der Waals surface area contributed by atoms with E-state index in [9.17, 15) is 8.78 Å². The Morgan fingerprint density at radius 3 is 2.58 bits per heavy atom. The van der Waals surface area contributed by atoms with Crippen molar-refractivity contribution in [1.29, 1.82) is 5.26 Å². The van der Waals surface area contributed by atoms with Crippen LogP contribution < -0.4 is 4.90 Å². The normalized spacial score (nSPS) is 10.0. The lowest BCUT2D eigenvalue weighted by molar-refractivity contribution is 0.607. The van der Waals surface area contributed by atoms with E-state index in [1.807, 2.05) is 6.07 Å². The van der Waals surface area contributed by atoms with Gasteiger partial charge >= 0.3 is 0 Å². The molecule has 0 aromatic heterocycles. The lowest BCUT2D eigenvalue weighted by atomic mass is 10.1. The second-order valence-electron chi connectivity index (χ2n) is 4.22. The van der Waals surface area contributed by atoms with E-state index in [-0.39, 0.29) is 11.4 Å². The summed E-state index contributed by atoms with van der Waals surface area (Å²) in [7, 11) is 1.74. The van der Waals surface area contributed by atoms with Gasteiger partial charge in [0.1, 0.15) is 17.7 Å². The maximum Gasteiger partial charge on any atom is 0.128 e. The summed E-state index contributed by atoms with van der Waals surface area (Å²) in [5.74, 6) is -0.755. The molecule has 0 atom stereocenters. The van der Waals surface area contributed by atoms with Crippen molar-refractivity contribution in [2.45, 2.75) is 6.54 Å². The third-order valence-electron chi connectivity index (χ3n) is 2.86. The first-order valence-corrected chi connectivity index (χ1v) is 5.76. The van der Waals surface area contributed by atoms with Crippen molar-refractivity contribution in [2.75, 3.05) is 11.9 Å². The van der Waals surface area contributed by atoms with E-state index in [1.165, 1.54) is 24.3 Å².